The van der Waals surface area contributed by atoms with E-state index in [1.807, 2.05) is 4.90 Å². The number of hydrogen-bond acceptors (Lipinski definition) is 4. The van der Waals surface area contributed by atoms with Gasteiger partial charge in [0.25, 0.3) is 0 Å². The van der Waals surface area contributed by atoms with Crippen LogP contribution in [0.3, 0.4) is 0 Å². The molecule has 1 atom stereocenters. The largest absolute Gasteiger partial charge is 0.338 e. The monoisotopic (exact) mass is 286 g/mol. The lowest BCUT2D eigenvalue weighted by Gasteiger charge is -2.39. The molecule has 0 bridgehead atoms. The summed E-state index contributed by atoms with van der Waals surface area (Å²) in [5.74, 6) is 0.673. The van der Waals surface area contributed by atoms with Crippen LogP contribution in [0.25, 0.3) is 0 Å². The molecule has 0 aromatic rings. The van der Waals surface area contributed by atoms with Gasteiger partial charge in [-0.1, -0.05) is 0 Å². The van der Waals surface area contributed by atoms with E-state index in [1.54, 1.807) is 0 Å². The second kappa shape index (κ2) is 5.05. The molecule has 1 unspecified atom stereocenters. The average Bonchev–Trinajstić information content (AvgIpc) is 3.17. The van der Waals surface area contributed by atoms with E-state index in [9.17, 15) is 13.2 Å². The van der Waals surface area contributed by atoms with Crippen molar-refractivity contribution in [2.45, 2.75) is 56.7 Å². The van der Waals surface area contributed by atoms with E-state index in [0.29, 0.717) is 18.9 Å². The van der Waals surface area contributed by atoms with Crippen LogP contribution in [0.4, 0.5) is 0 Å². The van der Waals surface area contributed by atoms with Gasteiger partial charge in [0.05, 0.1) is 17.5 Å². The van der Waals surface area contributed by atoms with Crippen LogP contribution in [-0.2, 0) is 14.6 Å². The van der Waals surface area contributed by atoms with Gasteiger partial charge >= 0.3 is 0 Å². The van der Waals surface area contributed by atoms with E-state index in [1.165, 1.54) is 12.8 Å². The zero-order valence-electron chi connectivity index (χ0n) is 11.2. The Bertz CT molecular complexity index is 445. The molecule has 3 rings (SSSR count). The SMILES string of the molecule is O=C1C(NC2CC2)CCCN1C1CCS(=O)(=O)CC1. The summed E-state index contributed by atoms with van der Waals surface area (Å²) < 4.78 is 22.9. The minimum atomic E-state index is -2.85. The Morgan fingerprint density at radius 1 is 1.05 bits per heavy atom. The first-order chi connectivity index (χ1) is 9.05. The molecule has 1 amide bonds. The number of hydrogen-bond donors (Lipinski definition) is 1. The van der Waals surface area contributed by atoms with E-state index < -0.39 is 9.84 Å². The average molecular weight is 286 g/mol. The molecule has 3 fully saturated rings. The van der Waals surface area contributed by atoms with Crippen molar-refractivity contribution < 1.29 is 13.2 Å². The van der Waals surface area contributed by atoms with Crippen LogP contribution in [0.5, 0.6) is 0 Å². The van der Waals surface area contributed by atoms with Gasteiger partial charge in [-0.25, -0.2) is 8.42 Å². The molecule has 0 aromatic carbocycles. The number of rotatable bonds is 3. The predicted octanol–water partition coefficient (Wildman–Crippen LogP) is 0.307. The van der Waals surface area contributed by atoms with Gasteiger partial charge in [-0.2, -0.15) is 0 Å². The fraction of sp³-hybridized carbons (Fsp3) is 0.923. The van der Waals surface area contributed by atoms with Crippen molar-refractivity contribution in [3.8, 4) is 0 Å². The summed E-state index contributed by atoms with van der Waals surface area (Å²) in [6.45, 7) is 0.798. The van der Waals surface area contributed by atoms with Gasteiger partial charge in [0, 0.05) is 18.6 Å². The second-order valence-corrected chi connectivity index (χ2v) is 8.35. The third-order valence-corrected chi connectivity index (χ3v) is 6.17. The molecule has 1 aliphatic carbocycles. The van der Waals surface area contributed by atoms with Gasteiger partial charge in [-0.15, -0.1) is 0 Å². The Morgan fingerprint density at radius 3 is 2.37 bits per heavy atom. The quantitative estimate of drug-likeness (QED) is 0.811. The molecule has 0 spiro atoms. The second-order valence-electron chi connectivity index (χ2n) is 6.05. The highest BCUT2D eigenvalue weighted by Crippen LogP contribution is 2.26. The summed E-state index contributed by atoms with van der Waals surface area (Å²) in [7, 11) is -2.85. The van der Waals surface area contributed by atoms with E-state index in [2.05, 4.69) is 5.32 Å². The number of amides is 1. The number of carbonyl (C=O) groups excluding carboxylic acids is 1. The van der Waals surface area contributed by atoms with Crippen molar-refractivity contribution in [2.24, 2.45) is 0 Å². The summed E-state index contributed by atoms with van der Waals surface area (Å²) in [5.41, 5.74) is 0. The molecule has 2 aliphatic heterocycles. The lowest BCUT2D eigenvalue weighted by molar-refractivity contribution is -0.138. The molecule has 5 nitrogen and oxygen atoms in total. The molecule has 0 radical (unpaired) electrons. The smallest absolute Gasteiger partial charge is 0.239 e. The summed E-state index contributed by atoms with van der Waals surface area (Å²) in [6.07, 6.45) is 5.56. The van der Waals surface area contributed by atoms with E-state index in [0.717, 1.165) is 19.4 Å². The molecule has 6 heteroatoms. The van der Waals surface area contributed by atoms with Gasteiger partial charge < -0.3 is 10.2 Å². The van der Waals surface area contributed by atoms with E-state index >= 15 is 0 Å². The Morgan fingerprint density at radius 2 is 1.74 bits per heavy atom. The molecule has 2 saturated heterocycles. The standard InChI is InChI=1S/C13H22N2O3S/c16-13-12(14-10-3-4-10)2-1-7-15(13)11-5-8-19(17,18)9-6-11/h10-12,14H,1-9H2. The maximum atomic E-state index is 12.5. The van der Waals surface area contributed by atoms with E-state index in [4.69, 9.17) is 0 Å². The molecule has 19 heavy (non-hydrogen) atoms. The van der Waals surface area contributed by atoms with Gasteiger partial charge in [-0.3, -0.25) is 4.79 Å². The van der Waals surface area contributed by atoms with Crippen LogP contribution in [0, 0.1) is 0 Å². The number of likely N-dealkylation sites (tertiary alicyclic amines) is 1. The highest BCUT2D eigenvalue weighted by atomic mass is 32.2. The Balaban J connectivity index is 1.61. The van der Waals surface area contributed by atoms with Crippen LogP contribution in [0.1, 0.15) is 38.5 Å². The van der Waals surface area contributed by atoms with Crippen molar-refractivity contribution >= 4 is 15.7 Å². The maximum absolute atomic E-state index is 12.5. The van der Waals surface area contributed by atoms with Crippen LogP contribution >= 0.6 is 0 Å². The number of carbonyl (C=O) groups is 1. The Labute approximate surface area is 114 Å². The van der Waals surface area contributed by atoms with Crippen LogP contribution in [0.2, 0.25) is 0 Å². The normalized spacial score (nSPS) is 32.5. The lowest BCUT2D eigenvalue weighted by Crippen LogP contribution is -2.55. The van der Waals surface area contributed by atoms with Crippen LogP contribution < -0.4 is 5.32 Å². The fourth-order valence-corrected chi connectivity index (χ4v) is 4.61. The molecule has 3 aliphatic rings. The summed E-state index contributed by atoms with van der Waals surface area (Å²) in [6, 6.07) is 0.653. The van der Waals surface area contributed by atoms with Crippen molar-refractivity contribution in [1.29, 1.82) is 0 Å². The topological polar surface area (TPSA) is 66.5 Å². The summed E-state index contributed by atoms with van der Waals surface area (Å²) >= 11 is 0. The zero-order chi connectivity index (χ0) is 13.5. The Hall–Kier alpha value is -0.620. The highest BCUT2D eigenvalue weighted by molar-refractivity contribution is 7.91. The molecule has 1 N–H and O–H groups in total. The van der Waals surface area contributed by atoms with Gasteiger partial charge in [-0.05, 0) is 38.5 Å². The van der Waals surface area contributed by atoms with E-state index in [-0.39, 0.29) is 29.5 Å². The third kappa shape index (κ3) is 3.11. The van der Waals surface area contributed by atoms with Crippen molar-refractivity contribution in [3.05, 3.63) is 0 Å². The molecular weight excluding hydrogens is 264 g/mol. The zero-order valence-corrected chi connectivity index (χ0v) is 12.0. The third-order valence-electron chi connectivity index (χ3n) is 4.45. The van der Waals surface area contributed by atoms with Gasteiger partial charge in [0.15, 0.2) is 0 Å². The molecule has 1 saturated carbocycles. The molecule has 108 valence electrons. The maximum Gasteiger partial charge on any atom is 0.239 e. The summed E-state index contributed by atoms with van der Waals surface area (Å²) in [4.78, 5) is 14.4. The number of nitrogens with one attached hydrogen (secondary N) is 1. The minimum absolute atomic E-state index is 0.0280. The minimum Gasteiger partial charge on any atom is -0.338 e. The Kier molecular flexibility index (Phi) is 3.55. The van der Waals surface area contributed by atoms with Crippen LogP contribution in [0.15, 0.2) is 0 Å². The first kappa shape index (κ1) is 13.4. The number of sulfone groups is 1. The first-order valence-corrected chi connectivity index (χ1v) is 9.14. The lowest BCUT2D eigenvalue weighted by atomic mass is 10.00. The fourth-order valence-electron chi connectivity index (χ4n) is 3.14. The predicted molar refractivity (Wildman–Crippen MR) is 72.6 cm³/mol. The van der Waals surface area contributed by atoms with Gasteiger partial charge in [0.1, 0.15) is 9.84 Å². The molecule has 0 aromatic heterocycles. The molecule has 2 heterocycles. The van der Waals surface area contributed by atoms with Crippen molar-refractivity contribution in [1.82, 2.24) is 10.2 Å². The number of nitrogens with zero attached hydrogens (tertiary/aromatic N) is 1. The van der Waals surface area contributed by atoms with Crippen molar-refractivity contribution in [2.75, 3.05) is 18.1 Å². The van der Waals surface area contributed by atoms with Crippen LogP contribution in [-0.4, -0.2) is 55.4 Å². The molecular formula is C13H22N2O3S. The highest BCUT2D eigenvalue weighted by Gasteiger charge is 2.37. The first-order valence-electron chi connectivity index (χ1n) is 7.32. The summed E-state index contributed by atoms with van der Waals surface area (Å²) in [5, 5.41) is 3.42. The van der Waals surface area contributed by atoms with Gasteiger partial charge in [0.2, 0.25) is 5.91 Å². The number of piperidine rings is 1. The van der Waals surface area contributed by atoms with Crippen molar-refractivity contribution in [3.63, 3.8) is 0 Å².